The van der Waals surface area contributed by atoms with E-state index < -0.39 is 6.10 Å². The second-order valence-corrected chi connectivity index (χ2v) is 5.47. The zero-order valence-electron chi connectivity index (χ0n) is 11.3. The second-order valence-electron chi connectivity index (χ2n) is 5.47. The second kappa shape index (κ2) is 6.46. The standard InChI is InChI=1S/C15H22FNO2/c1-11(18)13-3-2-8-17(9-13)10-15(19)12-4-6-14(16)7-5-12/h4-7,11,13,15,18-19H,2-3,8-10H2,1H3/t11-,13-,15+/m0/s1. The quantitative estimate of drug-likeness (QED) is 0.876. The van der Waals surface area contributed by atoms with Gasteiger partial charge in [-0.3, -0.25) is 0 Å². The van der Waals surface area contributed by atoms with Crippen LogP contribution in [-0.2, 0) is 0 Å². The van der Waals surface area contributed by atoms with Crippen LogP contribution >= 0.6 is 0 Å². The Bertz CT molecular complexity index is 394. The SMILES string of the molecule is C[C@H](O)[C@H]1CCCN(C[C@@H](O)c2ccc(F)cc2)C1. The van der Waals surface area contributed by atoms with Crippen molar-refractivity contribution in [2.75, 3.05) is 19.6 Å². The van der Waals surface area contributed by atoms with Crippen molar-refractivity contribution < 1.29 is 14.6 Å². The van der Waals surface area contributed by atoms with Crippen molar-refractivity contribution in [3.63, 3.8) is 0 Å². The molecule has 1 saturated heterocycles. The van der Waals surface area contributed by atoms with Gasteiger partial charge in [0.15, 0.2) is 0 Å². The maximum absolute atomic E-state index is 12.8. The highest BCUT2D eigenvalue weighted by Crippen LogP contribution is 2.22. The number of aliphatic hydroxyl groups excluding tert-OH is 2. The van der Waals surface area contributed by atoms with E-state index in [0.717, 1.165) is 31.5 Å². The minimum absolute atomic E-state index is 0.286. The van der Waals surface area contributed by atoms with Crippen molar-refractivity contribution in [3.8, 4) is 0 Å². The average Bonchev–Trinajstić information content (AvgIpc) is 2.39. The Morgan fingerprint density at radius 1 is 1.32 bits per heavy atom. The molecule has 0 spiro atoms. The normalized spacial score (nSPS) is 24.1. The monoisotopic (exact) mass is 267 g/mol. The first-order chi connectivity index (χ1) is 9.06. The van der Waals surface area contributed by atoms with Crippen molar-refractivity contribution >= 4 is 0 Å². The van der Waals surface area contributed by atoms with Gasteiger partial charge >= 0.3 is 0 Å². The fraction of sp³-hybridized carbons (Fsp3) is 0.600. The molecule has 0 unspecified atom stereocenters. The molecule has 0 aliphatic carbocycles. The van der Waals surface area contributed by atoms with Crippen molar-refractivity contribution in [1.29, 1.82) is 0 Å². The van der Waals surface area contributed by atoms with Crippen LogP contribution in [0.25, 0.3) is 0 Å². The molecule has 1 heterocycles. The van der Waals surface area contributed by atoms with Crippen LogP contribution in [0.1, 0.15) is 31.4 Å². The molecular formula is C15H22FNO2. The number of rotatable bonds is 4. The lowest BCUT2D eigenvalue weighted by Gasteiger charge is -2.35. The molecule has 1 aliphatic rings. The summed E-state index contributed by atoms with van der Waals surface area (Å²) in [5, 5.41) is 19.8. The highest BCUT2D eigenvalue weighted by Gasteiger charge is 2.24. The van der Waals surface area contributed by atoms with Crippen molar-refractivity contribution in [2.45, 2.75) is 32.0 Å². The molecule has 3 nitrogen and oxygen atoms in total. The molecule has 0 saturated carbocycles. The molecule has 106 valence electrons. The summed E-state index contributed by atoms with van der Waals surface area (Å²) in [5.74, 6) is -0.00254. The summed E-state index contributed by atoms with van der Waals surface area (Å²) in [6.45, 7) is 4.12. The molecule has 3 atom stereocenters. The van der Waals surface area contributed by atoms with E-state index in [0.29, 0.717) is 6.54 Å². The minimum atomic E-state index is -0.603. The summed E-state index contributed by atoms with van der Waals surface area (Å²) >= 11 is 0. The van der Waals surface area contributed by atoms with E-state index in [4.69, 9.17) is 0 Å². The zero-order valence-corrected chi connectivity index (χ0v) is 11.3. The van der Waals surface area contributed by atoms with Crippen LogP contribution in [0.2, 0.25) is 0 Å². The number of hydrogen-bond donors (Lipinski definition) is 2. The Kier molecular flexibility index (Phi) is 4.91. The number of nitrogens with zero attached hydrogens (tertiary/aromatic N) is 1. The highest BCUT2D eigenvalue weighted by molar-refractivity contribution is 5.18. The molecular weight excluding hydrogens is 245 g/mol. The predicted molar refractivity (Wildman–Crippen MR) is 72.2 cm³/mol. The molecule has 2 N–H and O–H groups in total. The molecule has 0 aromatic heterocycles. The summed E-state index contributed by atoms with van der Waals surface area (Å²) in [7, 11) is 0. The number of halogens is 1. The van der Waals surface area contributed by atoms with Crippen LogP contribution < -0.4 is 0 Å². The van der Waals surface area contributed by atoms with E-state index >= 15 is 0 Å². The molecule has 19 heavy (non-hydrogen) atoms. The molecule has 0 amide bonds. The minimum Gasteiger partial charge on any atom is -0.393 e. The van der Waals surface area contributed by atoms with Gasteiger partial charge in [-0.1, -0.05) is 12.1 Å². The van der Waals surface area contributed by atoms with Gasteiger partial charge in [0.05, 0.1) is 12.2 Å². The molecule has 0 radical (unpaired) electrons. The smallest absolute Gasteiger partial charge is 0.123 e. The molecule has 1 aliphatic heterocycles. The molecule has 1 fully saturated rings. The van der Waals surface area contributed by atoms with Gasteiger partial charge in [0.1, 0.15) is 5.82 Å². The van der Waals surface area contributed by atoms with E-state index in [1.165, 1.54) is 12.1 Å². The summed E-state index contributed by atoms with van der Waals surface area (Å²) < 4.78 is 12.8. The topological polar surface area (TPSA) is 43.7 Å². The number of β-amino-alcohol motifs (C(OH)–C–C–N with tert-alkyl or cyclic N) is 1. The summed E-state index contributed by atoms with van der Waals surface area (Å²) in [6, 6.07) is 5.98. The average molecular weight is 267 g/mol. The molecule has 2 rings (SSSR count). The number of benzene rings is 1. The number of likely N-dealkylation sites (tertiary alicyclic amines) is 1. The molecule has 4 heteroatoms. The third-order valence-electron chi connectivity index (χ3n) is 3.91. The number of piperidine rings is 1. The van der Waals surface area contributed by atoms with Crippen LogP contribution in [0.5, 0.6) is 0 Å². The summed E-state index contributed by atoms with van der Waals surface area (Å²) in [4.78, 5) is 2.18. The fourth-order valence-electron chi connectivity index (χ4n) is 2.69. The lowest BCUT2D eigenvalue weighted by Crippen LogP contribution is -2.41. The van der Waals surface area contributed by atoms with Crippen LogP contribution in [0, 0.1) is 11.7 Å². The van der Waals surface area contributed by atoms with Gasteiger partial charge in [0, 0.05) is 13.1 Å². The maximum atomic E-state index is 12.8. The van der Waals surface area contributed by atoms with Gasteiger partial charge in [-0.15, -0.1) is 0 Å². The third-order valence-corrected chi connectivity index (χ3v) is 3.91. The van der Waals surface area contributed by atoms with E-state index in [-0.39, 0.29) is 17.8 Å². The van der Waals surface area contributed by atoms with Gasteiger partial charge < -0.3 is 15.1 Å². The number of hydrogen-bond acceptors (Lipinski definition) is 3. The number of aliphatic hydroxyl groups is 2. The van der Waals surface area contributed by atoms with E-state index in [1.807, 2.05) is 6.92 Å². The van der Waals surface area contributed by atoms with Crippen LogP contribution in [-0.4, -0.2) is 40.9 Å². The van der Waals surface area contributed by atoms with Crippen molar-refractivity contribution in [1.82, 2.24) is 4.90 Å². The Labute approximate surface area is 113 Å². The first-order valence-electron chi connectivity index (χ1n) is 6.90. The Morgan fingerprint density at radius 2 is 2.00 bits per heavy atom. The predicted octanol–water partition coefficient (Wildman–Crippen LogP) is 1.95. The summed E-state index contributed by atoms with van der Waals surface area (Å²) in [6.07, 6.45) is 1.19. The van der Waals surface area contributed by atoms with Gasteiger partial charge in [-0.05, 0) is 49.9 Å². The van der Waals surface area contributed by atoms with Crippen molar-refractivity contribution in [3.05, 3.63) is 35.6 Å². The van der Waals surface area contributed by atoms with E-state index in [9.17, 15) is 14.6 Å². The maximum Gasteiger partial charge on any atom is 0.123 e. The van der Waals surface area contributed by atoms with Crippen molar-refractivity contribution in [2.24, 2.45) is 5.92 Å². The lowest BCUT2D eigenvalue weighted by molar-refractivity contribution is 0.0377. The first kappa shape index (κ1) is 14.4. The fourth-order valence-corrected chi connectivity index (χ4v) is 2.69. The third kappa shape index (κ3) is 4.00. The van der Waals surface area contributed by atoms with E-state index in [2.05, 4.69) is 4.90 Å². The Balaban J connectivity index is 1.91. The molecule has 1 aromatic carbocycles. The van der Waals surface area contributed by atoms with Crippen LogP contribution in [0.4, 0.5) is 4.39 Å². The summed E-state index contributed by atoms with van der Waals surface area (Å²) in [5.41, 5.74) is 0.737. The Morgan fingerprint density at radius 3 is 2.63 bits per heavy atom. The molecule has 1 aromatic rings. The van der Waals surface area contributed by atoms with Gasteiger partial charge in [0.2, 0.25) is 0 Å². The van der Waals surface area contributed by atoms with Crippen LogP contribution in [0.3, 0.4) is 0 Å². The van der Waals surface area contributed by atoms with E-state index in [1.54, 1.807) is 12.1 Å². The lowest BCUT2D eigenvalue weighted by atomic mass is 9.93. The molecule has 0 bridgehead atoms. The van der Waals surface area contributed by atoms with Gasteiger partial charge in [0.25, 0.3) is 0 Å². The van der Waals surface area contributed by atoms with Gasteiger partial charge in [-0.25, -0.2) is 4.39 Å². The first-order valence-corrected chi connectivity index (χ1v) is 6.90. The Hall–Kier alpha value is -0.970. The van der Waals surface area contributed by atoms with Gasteiger partial charge in [-0.2, -0.15) is 0 Å². The highest BCUT2D eigenvalue weighted by atomic mass is 19.1. The zero-order chi connectivity index (χ0) is 13.8. The largest absolute Gasteiger partial charge is 0.393 e. The van der Waals surface area contributed by atoms with Crippen LogP contribution in [0.15, 0.2) is 24.3 Å².